The summed E-state index contributed by atoms with van der Waals surface area (Å²) in [6.45, 7) is 7.97. The number of likely N-dealkylation sites (N-methyl/N-ethyl adjacent to an activating group) is 1. The molecule has 0 saturated carbocycles. The van der Waals surface area contributed by atoms with Crippen molar-refractivity contribution >= 4 is 34.2 Å². The lowest BCUT2D eigenvalue weighted by atomic mass is 9.93. The summed E-state index contributed by atoms with van der Waals surface area (Å²) in [7, 11) is 1.94. The summed E-state index contributed by atoms with van der Waals surface area (Å²) in [4.78, 5) is 14.1. The number of nitrogens with two attached hydrogens (primary N) is 1. The molecule has 0 radical (unpaired) electrons. The van der Waals surface area contributed by atoms with Gasteiger partial charge in [0.15, 0.2) is 0 Å². The molecule has 0 aromatic heterocycles. The van der Waals surface area contributed by atoms with Crippen LogP contribution in [0.15, 0.2) is 18.2 Å². The molecule has 4 nitrogen and oxygen atoms in total. The van der Waals surface area contributed by atoms with Crippen molar-refractivity contribution in [2.75, 3.05) is 32.0 Å². The largest absolute Gasteiger partial charge is 0.330 e. The lowest BCUT2D eigenvalue weighted by Gasteiger charge is -2.28. The number of halogens is 1. The van der Waals surface area contributed by atoms with Crippen LogP contribution in [-0.4, -0.2) is 37.5 Å². The third-order valence-corrected chi connectivity index (χ3v) is 3.80. The average molecular weight is 389 g/mol. The monoisotopic (exact) mass is 389 g/mol. The Bertz CT molecular complexity index is 474. The van der Waals surface area contributed by atoms with E-state index in [0.29, 0.717) is 13.1 Å². The molecule has 112 valence electrons. The van der Waals surface area contributed by atoms with E-state index in [2.05, 4.69) is 47.8 Å². The number of aryl methyl sites for hydroxylation is 1. The van der Waals surface area contributed by atoms with E-state index < -0.39 is 0 Å². The number of amides is 1. The Morgan fingerprint density at radius 1 is 1.45 bits per heavy atom. The van der Waals surface area contributed by atoms with Gasteiger partial charge in [0.1, 0.15) is 0 Å². The second-order valence-electron chi connectivity index (χ2n) is 6.05. The quantitative estimate of drug-likeness (QED) is 0.735. The Kier molecular flexibility index (Phi) is 6.42. The molecule has 0 aliphatic rings. The minimum atomic E-state index is 0.00429. The predicted molar refractivity (Wildman–Crippen MR) is 92.9 cm³/mol. The van der Waals surface area contributed by atoms with Crippen molar-refractivity contribution in [3.63, 3.8) is 0 Å². The lowest BCUT2D eigenvalue weighted by Crippen LogP contribution is -2.40. The van der Waals surface area contributed by atoms with Gasteiger partial charge in [-0.3, -0.25) is 9.69 Å². The molecule has 0 saturated heterocycles. The number of carbonyl (C=O) groups is 1. The van der Waals surface area contributed by atoms with Crippen molar-refractivity contribution in [2.24, 2.45) is 11.1 Å². The summed E-state index contributed by atoms with van der Waals surface area (Å²) in [5.41, 5.74) is 7.69. The first kappa shape index (κ1) is 17.4. The molecule has 0 bridgehead atoms. The van der Waals surface area contributed by atoms with E-state index in [1.807, 2.05) is 31.0 Å². The number of carbonyl (C=O) groups excluding carboxylic acids is 1. The van der Waals surface area contributed by atoms with Gasteiger partial charge in [-0.2, -0.15) is 0 Å². The smallest absolute Gasteiger partial charge is 0.238 e. The fraction of sp³-hybridized carbons (Fsp3) is 0.533. The lowest BCUT2D eigenvalue weighted by molar-refractivity contribution is -0.117. The van der Waals surface area contributed by atoms with Gasteiger partial charge < -0.3 is 11.1 Å². The Morgan fingerprint density at radius 3 is 2.65 bits per heavy atom. The fourth-order valence-corrected chi connectivity index (χ4v) is 2.70. The maximum absolute atomic E-state index is 12.0. The second kappa shape index (κ2) is 7.38. The van der Waals surface area contributed by atoms with Crippen LogP contribution in [0.25, 0.3) is 0 Å². The van der Waals surface area contributed by atoms with Crippen molar-refractivity contribution < 1.29 is 4.79 Å². The molecule has 0 aliphatic heterocycles. The Morgan fingerprint density at radius 2 is 2.10 bits per heavy atom. The standard InChI is InChI=1S/C15H24IN3O/c1-11-7-12(16)5-6-13(11)18-14(20)8-19(4)10-15(2,3)9-17/h5-7H,8-10,17H2,1-4H3,(H,18,20). The van der Waals surface area contributed by atoms with Gasteiger partial charge >= 0.3 is 0 Å². The van der Waals surface area contributed by atoms with Crippen LogP contribution >= 0.6 is 22.6 Å². The number of rotatable bonds is 6. The summed E-state index contributed by atoms with van der Waals surface area (Å²) in [5, 5.41) is 2.96. The van der Waals surface area contributed by atoms with Crippen molar-refractivity contribution in [1.29, 1.82) is 0 Å². The first-order valence-electron chi connectivity index (χ1n) is 6.68. The summed E-state index contributed by atoms with van der Waals surface area (Å²) in [6.07, 6.45) is 0. The molecule has 20 heavy (non-hydrogen) atoms. The Labute approximate surface area is 135 Å². The number of nitrogens with one attached hydrogen (secondary N) is 1. The topological polar surface area (TPSA) is 58.4 Å². The molecule has 1 aromatic carbocycles. The molecule has 0 atom stereocenters. The predicted octanol–water partition coefficient (Wildman–Crippen LogP) is 2.45. The number of hydrogen-bond acceptors (Lipinski definition) is 3. The van der Waals surface area contributed by atoms with E-state index >= 15 is 0 Å². The number of nitrogens with zero attached hydrogens (tertiary/aromatic N) is 1. The van der Waals surface area contributed by atoms with E-state index in [4.69, 9.17) is 5.73 Å². The third-order valence-electron chi connectivity index (χ3n) is 3.13. The zero-order valence-electron chi connectivity index (χ0n) is 12.7. The highest BCUT2D eigenvalue weighted by Crippen LogP contribution is 2.18. The van der Waals surface area contributed by atoms with Crippen molar-refractivity contribution in [2.45, 2.75) is 20.8 Å². The van der Waals surface area contributed by atoms with Crippen LogP contribution in [0.4, 0.5) is 5.69 Å². The molecular weight excluding hydrogens is 365 g/mol. The van der Waals surface area contributed by atoms with Crippen LogP contribution in [0.3, 0.4) is 0 Å². The van der Waals surface area contributed by atoms with Crippen molar-refractivity contribution in [3.8, 4) is 0 Å². The zero-order chi connectivity index (χ0) is 15.3. The average Bonchev–Trinajstić information content (AvgIpc) is 2.32. The first-order valence-corrected chi connectivity index (χ1v) is 7.76. The van der Waals surface area contributed by atoms with Crippen LogP contribution in [0.1, 0.15) is 19.4 Å². The SMILES string of the molecule is Cc1cc(I)ccc1NC(=O)CN(C)CC(C)(C)CN. The third kappa shape index (κ3) is 5.76. The minimum absolute atomic E-state index is 0.00429. The summed E-state index contributed by atoms with van der Waals surface area (Å²) in [5.74, 6) is 0.00429. The van der Waals surface area contributed by atoms with E-state index in [1.165, 1.54) is 3.57 Å². The van der Waals surface area contributed by atoms with Crippen LogP contribution in [0.5, 0.6) is 0 Å². The maximum atomic E-state index is 12.0. The van der Waals surface area contributed by atoms with Crippen LogP contribution in [0.2, 0.25) is 0 Å². The van der Waals surface area contributed by atoms with E-state index in [0.717, 1.165) is 17.8 Å². The van der Waals surface area contributed by atoms with E-state index in [9.17, 15) is 4.79 Å². The highest BCUT2D eigenvalue weighted by molar-refractivity contribution is 14.1. The highest BCUT2D eigenvalue weighted by atomic mass is 127. The number of benzene rings is 1. The molecule has 3 N–H and O–H groups in total. The normalized spacial score (nSPS) is 11.8. The minimum Gasteiger partial charge on any atom is -0.330 e. The Hall–Kier alpha value is -0.660. The highest BCUT2D eigenvalue weighted by Gasteiger charge is 2.19. The molecule has 0 heterocycles. The fourth-order valence-electron chi connectivity index (χ4n) is 2.05. The van der Waals surface area contributed by atoms with E-state index in [1.54, 1.807) is 0 Å². The molecule has 0 aliphatic carbocycles. The van der Waals surface area contributed by atoms with Gasteiger partial charge in [0.05, 0.1) is 6.54 Å². The van der Waals surface area contributed by atoms with Gasteiger partial charge in [-0.1, -0.05) is 13.8 Å². The molecule has 5 heteroatoms. The van der Waals surface area contributed by atoms with E-state index in [-0.39, 0.29) is 11.3 Å². The molecule has 1 aromatic rings. The van der Waals surface area contributed by atoms with Crippen molar-refractivity contribution in [3.05, 3.63) is 27.3 Å². The molecule has 1 amide bonds. The van der Waals surface area contributed by atoms with Crippen LogP contribution in [-0.2, 0) is 4.79 Å². The Balaban J connectivity index is 2.55. The van der Waals surface area contributed by atoms with Gasteiger partial charge in [-0.25, -0.2) is 0 Å². The molecule has 0 fully saturated rings. The van der Waals surface area contributed by atoms with Gasteiger partial charge in [-0.15, -0.1) is 0 Å². The van der Waals surface area contributed by atoms with Gasteiger partial charge in [-0.05, 0) is 72.3 Å². The number of hydrogen-bond donors (Lipinski definition) is 2. The van der Waals surface area contributed by atoms with Crippen molar-refractivity contribution in [1.82, 2.24) is 4.90 Å². The zero-order valence-corrected chi connectivity index (χ0v) is 14.8. The summed E-state index contributed by atoms with van der Waals surface area (Å²) in [6, 6.07) is 5.99. The van der Waals surface area contributed by atoms with Gasteiger partial charge in [0.2, 0.25) is 5.91 Å². The number of anilines is 1. The summed E-state index contributed by atoms with van der Waals surface area (Å²) >= 11 is 2.26. The molecular formula is C15H24IN3O. The van der Waals surface area contributed by atoms with Crippen LogP contribution in [0, 0.1) is 15.9 Å². The van der Waals surface area contributed by atoms with Gasteiger partial charge in [0.25, 0.3) is 0 Å². The summed E-state index contributed by atoms with van der Waals surface area (Å²) < 4.78 is 1.17. The molecule has 0 spiro atoms. The second-order valence-corrected chi connectivity index (χ2v) is 7.29. The molecule has 0 unspecified atom stereocenters. The maximum Gasteiger partial charge on any atom is 0.238 e. The van der Waals surface area contributed by atoms with Gasteiger partial charge in [0, 0.05) is 15.8 Å². The first-order chi connectivity index (χ1) is 9.23. The van der Waals surface area contributed by atoms with Crippen LogP contribution < -0.4 is 11.1 Å². The molecule has 1 rings (SSSR count).